The second-order valence-corrected chi connectivity index (χ2v) is 6.73. The van der Waals surface area contributed by atoms with Crippen molar-refractivity contribution in [2.45, 2.75) is 32.2 Å². The average Bonchev–Trinajstić information content (AvgIpc) is 2.93. The minimum absolute atomic E-state index is 0.000152. The van der Waals surface area contributed by atoms with E-state index in [1.807, 2.05) is 38.1 Å². The first-order chi connectivity index (χ1) is 12.5. The van der Waals surface area contributed by atoms with Gasteiger partial charge < -0.3 is 14.7 Å². The molecule has 0 radical (unpaired) electrons. The van der Waals surface area contributed by atoms with Crippen molar-refractivity contribution in [3.8, 4) is 11.1 Å². The summed E-state index contributed by atoms with van der Waals surface area (Å²) in [4.78, 5) is 24.8. The highest BCUT2D eigenvalue weighted by atomic mass is 16.6. The molecule has 5 nitrogen and oxygen atoms in total. The molecule has 0 aliphatic heterocycles. The molecule has 3 rings (SSSR count). The molecule has 1 amide bonds. The highest BCUT2D eigenvalue weighted by Gasteiger charge is 2.30. The normalized spacial score (nSPS) is 12.6. The number of hydrogen-bond acceptors (Lipinski definition) is 3. The number of hydrogen-bond donors (Lipinski definition) is 1. The van der Waals surface area contributed by atoms with Crippen LogP contribution >= 0.6 is 0 Å². The molecule has 2 aromatic rings. The minimum Gasteiger partial charge on any atom is -0.481 e. The number of fused-ring (bicyclic) bond motifs is 3. The lowest BCUT2D eigenvalue weighted by molar-refractivity contribution is -0.137. The molecule has 0 saturated heterocycles. The smallest absolute Gasteiger partial charge is 0.410 e. The van der Waals surface area contributed by atoms with Crippen LogP contribution < -0.4 is 0 Å². The molecule has 26 heavy (non-hydrogen) atoms. The maximum absolute atomic E-state index is 12.5. The Morgan fingerprint density at radius 2 is 1.58 bits per heavy atom. The van der Waals surface area contributed by atoms with Crippen LogP contribution in [0, 0.1) is 0 Å². The summed E-state index contributed by atoms with van der Waals surface area (Å²) in [6.07, 6.45) is -0.564. The van der Waals surface area contributed by atoms with E-state index in [0.717, 1.165) is 11.1 Å². The summed E-state index contributed by atoms with van der Waals surface area (Å²) < 4.78 is 5.59. The van der Waals surface area contributed by atoms with Crippen molar-refractivity contribution in [3.63, 3.8) is 0 Å². The maximum Gasteiger partial charge on any atom is 0.410 e. The van der Waals surface area contributed by atoms with Crippen molar-refractivity contribution < 1.29 is 19.4 Å². The summed E-state index contributed by atoms with van der Waals surface area (Å²) >= 11 is 0. The third-order valence-electron chi connectivity index (χ3n) is 4.76. The van der Waals surface area contributed by atoms with Crippen LogP contribution in [0.3, 0.4) is 0 Å². The number of rotatable bonds is 6. The number of carbonyl (C=O) groups excluding carboxylic acids is 1. The van der Waals surface area contributed by atoms with Crippen molar-refractivity contribution in [2.24, 2.45) is 0 Å². The van der Waals surface area contributed by atoms with Gasteiger partial charge in [-0.15, -0.1) is 0 Å². The van der Waals surface area contributed by atoms with Gasteiger partial charge in [0.15, 0.2) is 0 Å². The topological polar surface area (TPSA) is 66.8 Å². The second kappa shape index (κ2) is 7.60. The summed E-state index contributed by atoms with van der Waals surface area (Å²) in [6.45, 7) is 4.08. The van der Waals surface area contributed by atoms with E-state index < -0.39 is 12.1 Å². The third-order valence-corrected chi connectivity index (χ3v) is 4.76. The molecule has 5 heteroatoms. The first-order valence-electron chi connectivity index (χ1n) is 8.82. The van der Waals surface area contributed by atoms with Gasteiger partial charge in [-0.1, -0.05) is 48.5 Å². The van der Waals surface area contributed by atoms with Crippen LogP contribution in [0.4, 0.5) is 4.79 Å². The number of carboxylic acids is 1. The summed E-state index contributed by atoms with van der Waals surface area (Å²) in [7, 11) is 0. The van der Waals surface area contributed by atoms with Crippen molar-refractivity contribution in [3.05, 3.63) is 59.7 Å². The zero-order valence-electron chi connectivity index (χ0n) is 15.0. The fourth-order valence-electron chi connectivity index (χ4n) is 3.45. The Morgan fingerprint density at radius 1 is 1.04 bits per heavy atom. The largest absolute Gasteiger partial charge is 0.481 e. The fourth-order valence-corrected chi connectivity index (χ4v) is 3.45. The number of carboxylic acid groups (broad SMARTS) is 1. The molecule has 1 N–H and O–H groups in total. The van der Waals surface area contributed by atoms with E-state index in [1.165, 1.54) is 16.0 Å². The molecule has 0 fully saturated rings. The van der Waals surface area contributed by atoms with E-state index in [1.54, 1.807) is 0 Å². The van der Waals surface area contributed by atoms with Gasteiger partial charge in [0, 0.05) is 18.5 Å². The van der Waals surface area contributed by atoms with Crippen LogP contribution in [0.5, 0.6) is 0 Å². The number of amides is 1. The fraction of sp³-hybridized carbons (Fsp3) is 0.333. The lowest BCUT2D eigenvalue weighted by atomic mass is 9.98. The van der Waals surface area contributed by atoms with Crippen molar-refractivity contribution in [1.29, 1.82) is 0 Å². The number of ether oxygens (including phenoxy) is 1. The van der Waals surface area contributed by atoms with E-state index in [4.69, 9.17) is 9.84 Å². The van der Waals surface area contributed by atoms with Gasteiger partial charge in [-0.25, -0.2) is 4.79 Å². The van der Waals surface area contributed by atoms with Gasteiger partial charge in [0.2, 0.25) is 0 Å². The van der Waals surface area contributed by atoms with E-state index in [2.05, 4.69) is 24.3 Å². The number of nitrogens with zero attached hydrogens (tertiary/aromatic N) is 1. The second-order valence-electron chi connectivity index (χ2n) is 6.73. The van der Waals surface area contributed by atoms with Gasteiger partial charge in [0.1, 0.15) is 6.61 Å². The molecule has 0 bridgehead atoms. The maximum atomic E-state index is 12.5. The average molecular weight is 353 g/mol. The minimum atomic E-state index is -0.929. The van der Waals surface area contributed by atoms with E-state index >= 15 is 0 Å². The van der Waals surface area contributed by atoms with Gasteiger partial charge in [-0.05, 0) is 36.1 Å². The van der Waals surface area contributed by atoms with Crippen molar-refractivity contribution in [2.75, 3.05) is 13.2 Å². The van der Waals surface area contributed by atoms with E-state index in [0.29, 0.717) is 0 Å². The third kappa shape index (κ3) is 3.57. The van der Waals surface area contributed by atoms with E-state index in [9.17, 15) is 9.59 Å². The van der Waals surface area contributed by atoms with E-state index in [-0.39, 0.29) is 31.5 Å². The predicted molar refractivity (Wildman–Crippen MR) is 99.2 cm³/mol. The van der Waals surface area contributed by atoms with Crippen LogP contribution in [-0.2, 0) is 9.53 Å². The Bertz CT molecular complexity index is 770. The van der Waals surface area contributed by atoms with Crippen LogP contribution in [0.15, 0.2) is 48.5 Å². The van der Waals surface area contributed by atoms with Gasteiger partial charge >= 0.3 is 12.1 Å². The molecule has 1 aliphatic carbocycles. The van der Waals surface area contributed by atoms with Crippen LogP contribution in [0.2, 0.25) is 0 Å². The molecule has 1 aliphatic rings. The molecule has 136 valence electrons. The standard InChI is InChI=1S/C21H23NO4/c1-14(2)22(12-11-20(23)24)21(25)26-13-19-17-9-5-3-7-15(17)16-8-4-6-10-18(16)19/h3-10,14,19H,11-13H2,1-2H3,(H,23,24). The van der Waals surface area contributed by atoms with Crippen molar-refractivity contribution >= 4 is 12.1 Å². The highest BCUT2D eigenvalue weighted by Crippen LogP contribution is 2.44. The highest BCUT2D eigenvalue weighted by molar-refractivity contribution is 5.79. The Morgan fingerprint density at radius 3 is 2.08 bits per heavy atom. The Balaban J connectivity index is 1.75. The molecule has 0 spiro atoms. The molecular formula is C21H23NO4. The Hall–Kier alpha value is -2.82. The molecular weight excluding hydrogens is 330 g/mol. The summed E-state index contributed by atoms with van der Waals surface area (Å²) in [5, 5.41) is 8.87. The molecule has 0 saturated carbocycles. The number of aliphatic carboxylic acids is 1. The summed E-state index contributed by atoms with van der Waals surface area (Å²) in [6, 6.07) is 16.2. The quantitative estimate of drug-likeness (QED) is 0.848. The zero-order valence-corrected chi connectivity index (χ0v) is 15.0. The summed E-state index contributed by atoms with van der Waals surface area (Å²) in [5.74, 6) is -0.929. The molecule has 0 atom stereocenters. The van der Waals surface area contributed by atoms with Crippen LogP contribution in [0.1, 0.15) is 37.3 Å². The molecule has 0 unspecified atom stereocenters. The molecule has 0 aromatic heterocycles. The first-order valence-corrected chi connectivity index (χ1v) is 8.82. The SMILES string of the molecule is CC(C)N(CCC(=O)O)C(=O)OCC1c2ccccc2-c2ccccc21. The Kier molecular flexibility index (Phi) is 5.26. The van der Waals surface area contributed by atoms with Gasteiger partial charge in [0.25, 0.3) is 0 Å². The lowest BCUT2D eigenvalue weighted by Crippen LogP contribution is -2.39. The van der Waals surface area contributed by atoms with Crippen LogP contribution in [-0.4, -0.2) is 41.3 Å². The zero-order chi connectivity index (χ0) is 18.7. The van der Waals surface area contributed by atoms with Crippen molar-refractivity contribution in [1.82, 2.24) is 4.90 Å². The molecule has 2 aromatic carbocycles. The Labute approximate surface area is 153 Å². The first kappa shape index (κ1) is 18.0. The number of benzene rings is 2. The molecule has 0 heterocycles. The monoisotopic (exact) mass is 353 g/mol. The lowest BCUT2D eigenvalue weighted by Gasteiger charge is -2.26. The van der Waals surface area contributed by atoms with Gasteiger partial charge in [0.05, 0.1) is 6.42 Å². The summed E-state index contributed by atoms with van der Waals surface area (Å²) in [5.41, 5.74) is 4.66. The van der Waals surface area contributed by atoms with Gasteiger partial charge in [-0.3, -0.25) is 4.79 Å². The predicted octanol–water partition coefficient (Wildman–Crippen LogP) is 4.12. The number of carbonyl (C=O) groups is 2. The van der Waals surface area contributed by atoms with Gasteiger partial charge in [-0.2, -0.15) is 0 Å². The van der Waals surface area contributed by atoms with Crippen LogP contribution in [0.25, 0.3) is 11.1 Å².